The van der Waals surface area contributed by atoms with E-state index < -0.39 is 10.1 Å². The first kappa shape index (κ1) is 25.8. The molecule has 39 heavy (non-hydrogen) atoms. The molecule has 7 N–H and O–H groups in total. The highest BCUT2D eigenvalue weighted by molar-refractivity contribution is 7.85. The lowest BCUT2D eigenvalue weighted by Gasteiger charge is -2.25. The Hall–Kier alpha value is -4.83. The summed E-state index contributed by atoms with van der Waals surface area (Å²) in [6, 6.07) is 7.14. The minimum atomic E-state index is -3.67. The third kappa shape index (κ3) is 5.41. The molecule has 15 nitrogen and oxygen atoms in total. The SMILES string of the molecule is CS(=O)(=O)O.O=C1N[C@@H]2Cc3c[nH]c(=O)c4ccc(n34)[C@@H]2N1.O=c1[nH]cc(Cc2c[nH]c(=O)c3cccn23)[nH]1. The fraction of sp³-hybridized carbons (Fsp3) is 0.217. The van der Waals surface area contributed by atoms with E-state index in [-0.39, 0.29) is 34.9 Å². The van der Waals surface area contributed by atoms with Gasteiger partial charge in [-0.2, -0.15) is 8.42 Å². The minimum Gasteiger partial charge on any atom is -0.333 e. The molecule has 1 fully saturated rings. The van der Waals surface area contributed by atoms with Crippen molar-refractivity contribution < 1.29 is 17.8 Å². The van der Waals surface area contributed by atoms with Crippen LogP contribution in [0.3, 0.4) is 0 Å². The van der Waals surface area contributed by atoms with Gasteiger partial charge in [-0.1, -0.05) is 0 Å². The number of rotatable bonds is 2. The van der Waals surface area contributed by atoms with Crippen molar-refractivity contribution in [1.82, 2.24) is 39.4 Å². The maximum Gasteiger partial charge on any atom is 0.323 e. The maximum absolute atomic E-state index is 11.7. The number of imidazole rings is 1. The molecule has 204 valence electrons. The summed E-state index contributed by atoms with van der Waals surface area (Å²) in [5.41, 5.74) is 4.44. The summed E-state index contributed by atoms with van der Waals surface area (Å²) in [5.74, 6) is 0. The van der Waals surface area contributed by atoms with Crippen molar-refractivity contribution in [3.63, 3.8) is 0 Å². The molecule has 0 bridgehead atoms. The van der Waals surface area contributed by atoms with E-state index in [1.165, 1.54) is 0 Å². The maximum atomic E-state index is 11.7. The van der Waals surface area contributed by atoms with Crippen LogP contribution in [0.5, 0.6) is 0 Å². The Morgan fingerprint density at radius 3 is 2.38 bits per heavy atom. The molecule has 0 radical (unpaired) electrons. The zero-order chi connectivity index (χ0) is 27.9. The molecule has 5 aromatic heterocycles. The van der Waals surface area contributed by atoms with Crippen molar-refractivity contribution in [2.45, 2.75) is 24.9 Å². The number of fused-ring (bicyclic) bond motifs is 3. The van der Waals surface area contributed by atoms with Crippen molar-refractivity contribution in [2.24, 2.45) is 0 Å². The molecule has 0 aliphatic carbocycles. The number of carbonyl (C=O) groups excluding carboxylic acids is 1. The van der Waals surface area contributed by atoms with Crippen molar-refractivity contribution in [3.05, 3.63) is 103 Å². The monoisotopic (exact) mass is 556 g/mol. The van der Waals surface area contributed by atoms with E-state index in [1.807, 2.05) is 27.1 Å². The summed E-state index contributed by atoms with van der Waals surface area (Å²) < 4.78 is 29.6. The van der Waals surface area contributed by atoms with Crippen LogP contribution in [-0.2, 0) is 23.0 Å². The summed E-state index contributed by atoms with van der Waals surface area (Å²) in [4.78, 5) is 56.1. The van der Waals surface area contributed by atoms with Gasteiger partial charge in [-0.25, -0.2) is 9.59 Å². The predicted molar refractivity (Wildman–Crippen MR) is 140 cm³/mol. The standard InChI is InChI=1S/2C11H10N4O2.CH4O3S/c16-10-8-2-1-7-9-6(13-11(17)14-9)3-5(4-12-10)15(7)8;16-10-9-2-1-3-15(9)8(6-12-10)4-7-5-13-11(17)14-7;1-5(2,3)4/h1-2,4,6,9H,3H2,(H,12,16)(H2,13,14,17);1-3,5-6H,4H2,(H,12,16)(H2,13,14,17);1H3,(H,2,3,4)/t6-,9-;;/m1../s1. The number of urea groups is 1. The molecule has 0 aromatic carbocycles. The Morgan fingerprint density at radius 2 is 1.67 bits per heavy atom. The van der Waals surface area contributed by atoms with Gasteiger partial charge in [0.05, 0.1) is 18.3 Å². The second-order valence-corrected chi connectivity index (χ2v) is 10.5. The lowest BCUT2D eigenvalue weighted by atomic mass is 9.98. The molecule has 2 amide bonds. The fourth-order valence-corrected chi connectivity index (χ4v) is 4.75. The number of aromatic nitrogens is 6. The van der Waals surface area contributed by atoms with Crippen LogP contribution in [0.15, 0.2) is 63.4 Å². The number of carbonyl (C=O) groups is 1. The largest absolute Gasteiger partial charge is 0.333 e. The van der Waals surface area contributed by atoms with E-state index in [9.17, 15) is 27.6 Å². The van der Waals surface area contributed by atoms with Gasteiger partial charge in [-0.15, -0.1) is 0 Å². The molecular formula is C23H24N8O7S. The average Bonchev–Trinajstić information content (AvgIpc) is 3.64. The van der Waals surface area contributed by atoms with Crippen LogP contribution in [0, 0.1) is 0 Å². The van der Waals surface area contributed by atoms with Crippen molar-refractivity contribution >= 4 is 27.2 Å². The number of nitrogens with one attached hydrogen (secondary N) is 6. The average molecular weight is 557 g/mol. The lowest BCUT2D eigenvalue weighted by Crippen LogP contribution is -2.35. The summed E-state index contributed by atoms with van der Waals surface area (Å²) in [6.07, 6.45) is 8.81. The number of amides is 2. The Kier molecular flexibility index (Phi) is 6.49. The second-order valence-electron chi connectivity index (χ2n) is 9.04. The summed E-state index contributed by atoms with van der Waals surface area (Å²) in [7, 11) is -3.67. The van der Waals surface area contributed by atoms with E-state index >= 15 is 0 Å². The molecule has 2 atom stereocenters. The van der Waals surface area contributed by atoms with Crippen LogP contribution in [0.25, 0.3) is 11.0 Å². The molecule has 0 saturated carbocycles. The zero-order valence-electron chi connectivity index (χ0n) is 20.4. The predicted octanol–water partition coefficient (Wildman–Crippen LogP) is -0.355. The van der Waals surface area contributed by atoms with Gasteiger partial charge < -0.3 is 39.4 Å². The number of hydrogen-bond donors (Lipinski definition) is 7. The van der Waals surface area contributed by atoms with E-state index in [0.29, 0.717) is 23.7 Å². The third-order valence-electron chi connectivity index (χ3n) is 6.24. The Morgan fingerprint density at radius 1 is 0.949 bits per heavy atom. The van der Waals surface area contributed by atoms with Crippen LogP contribution < -0.4 is 27.4 Å². The van der Waals surface area contributed by atoms with E-state index in [1.54, 1.807) is 30.7 Å². The third-order valence-corrected chi connectivity index (χ3v) is 6.24. The summed E-state index contributed by atoms with van der Waals surface area (Å²) >= 11 is 0. The highest BCUT2D eigenvalue weighted by atomic mass is 32.2. The zero-order valence-corrected chi connectivity index (χ0v) is 21.2. The molecule has 7 heterocycles. The summed E-state index contributed by atoms with van der Waals surface area (Å²) in [5, 5.41) is 5.77. The number of nitrogens with zero attached hydrogens (tertiary/aromatic N) is 2. The molecule has 2 aliphatic heterocycles. The smallest absolute Gasteiger partial charge is 0.323 e. The fourth-order valence-electron chi connectivity index (χ4n) is 4.75. The van der Waals surface area contributed by atoms with E-state index in [2.05, 4.69) is 30.6 Å². The molecule has 16 heteroatoms. The highest BCUT2D eigenvalue weighted by Gasteiger charge is 2.38. The van der Waals surface area contributed by atoms with E-state index in [4.69, 9.17) is 4.55 Å². The van der Waals surface area contributed by atoms with Crippen LogP contribution in [0.4, 0.5) is 4.79 Å². The van der Waals surface area contributed by atoms with Gasteiger partial charge in [0.1, 0.15) is 11.0 Å². The van der Waals surface area contributed by atoms with Crippen LogP contribution in [0.2, 0.25) is 0 Å². The first-order valence-electron chi connectivity index (χ1n) is 11.6. The minimum absolute atomic E-state index is 0.0423. The lowest BCUT2D eigenvalue weighted by molar-refractivity contribution is 0.247. The van der Waals surface area contributed by atoms with Crippen LogP contribution >= 0.6 is 0 Å². The van der Waals surface area contributed by atoms with Gasteiger partial charge in [0.15, 0.2) is 0 Å². The van der Waals surface area contributed by atoms with Gasteiger partial charge >= 0.3 is 11.7 Å². The summed E-state index contributed by atoms with van der Waals surface area (Å²) in [6.45, 7) is 0. The molecular weight excluding hydrogens is 532 g/mol. The Balaban J connectivity index is 0.000000135. The topological polar surface area (TPSA) is 219 Å². The van der Waals surface area contributed by atoms with Crippen LogP contribution in [0.1, 0.15) is 28.8 Å². The molecule has 5 aromatic rings. The first-order chi connectivity index (χ1) is 18.5. The highest BCUT2D eigenvalue weighted by Crippen LogP contribution is 2.29. The van der Waals surface area contributed by atoms with Gasteiger partial charge in [0.2, 0.25) is 0 Å². The normalized spacial score (nSPS) is 17.4. The number of aromatic amines is 4. The number of hydrogen-bond acceptors (Lipinski definition) is 6. The van der Waals surface area contributed by atoms with Gasteiger partial charge in [-0.05, 0) is 24.3 Å². The van der Waals surface area contributed by atoms with Gasteiger partial charge in [0.25, 0.3) is 21.2 Å². The molecule has 0 unspecified atom stereocenters. The van der Waals surface area contributed by atoms with Crippen molar-refractivity contribution in [1.29, 1.82) is 0 Å². The molecule has 7 rings (SSSR count). The Labute approximate surface area is 218 Å². The van der Waals surface area contributed by atoms with E-state index in [0.717, 1.165) is 29.2 Å². The second kappa shape index (κ2) is 9.80. The van der Waals surface area contributed by atoms with Gasteiger partial charge in [0, 0.05) is 60.4 Å². The van der Waals surface area contributed by atoms with Crippen molar-refractivity contribution in [3.8, 4) is 0 Å². The molecule has 2 aliphatic rings. The molecule has 0 spiro atoms. The number of H-pyrrole nitrogens is 4. The van der Waals surface area contributed by atoms with Crippen LogP contribution in [-0.4, -0.2) is 60.0 Å². The molecule has 1 saturated heterocycles. The Bertz CT molecular complexity index is 1970. The first-order valence-corrected chi connectivity index (χ1v) is 13.5. The van der Waals surface area contributed by atoms with Gasteiger partial charge in [-0.3, -0.25) is 14.1 Å². The quantitative estimate of drug-likeness (QED) is 0.143. The van der Waals surface area contributed by atoms with Crippen molar-refractivity contribution in [2.75, 3.05) is 6.26 Å².